The standard InChI is InChI=1S/C50H39NOS/c1-4-16-39(34-17-7-6-8-18-34)36-27-30-37(31-28-36)51(45(5-2)50-33(3)38-20-12-14-26-47(38)53-50)46-25-13-11-22-41(46)42-23-15-24-43-44-32-29-35-19-9-10-21-40(35)48(44)52-49(42)43/h4-17,19-32H,18H2,1-3H3/b16-4-,39-34+,45-5+. The fourth-order valence-electron chi connectivity index (χ4n) is 7.88. The summed E-state index contributed by atoms with van der Waals surface area (Å²) >= 11 is 1.86. The lowest BCUT2D eigenvalue weighted by Crippen LogP contribution is -2.16. The van der Waals surface area contributed by atoms with Crippen LogP contribution >= 0.6 is 11.3 Å². The number of nitrogens with zero attached hydrogens (tertiary/aromatic N) is 1. The molecule has 0 bridgehead atoms. The van der Waals surface area contributed by atoms with Gasteiger partial charge >= 0.3 is 0 Å². The molecule has 2 heterocycles. The van der Waals surface area contributed by atoms with Crippen LogP contribution in [0, 0.1) is 6.92 Å². The van der Waals surface area contributed by atoms with Gasteiger partial charge in [0, 0.05) is 37.7 Å². The summed E-state index contributed by atoms with van der Waals surface area (Å²) in [5.41, 5.74) is 12.4. The van der Waals surface area contributed by atoms with Gasteiger partial charge in [0.2, 0.25) is 0 Å². The number of aryl methyl sites for hydroxylation is 1. The van der Waals surface area contributed by atoms with Crippen molar-refractivity contribution in [2.24, 2.45) is 0 Å². The Morgan fingerprint density at radius 2 is 1.42 bits per heavy atom. The molecule has 0 saturated heterocycles. The Hall–Kier alpha value is -6.16. The highest BCUT2D eigenvalue weighted by molar-refractivity contribution is 7.20. The summed E-state index contributed by atoms with van der Waals surface area (Å²) in [5, 5.41) is 5.86. The molecule has 1 aliphatic carbocycles. The molecular formula is C50H39NOS. The normalized spacial score (nSPS) is 14.4. The molecule has 3 heteroatoms. The molecular weight excluding hydrogens is 663 g/mol. The molecule has 256 valence electrons. The van der Waals surface area contributed by atoms with Crippen molar-refractivity contribution in [2.75, 3.05) is 4.90 Å². The Kier molecular flexibility index (Phi) is 8.50. The van der Waals surface area contributed by atoms with Gasteiger partial charge in [0.1, 0.15) is 11.2 Å². The topological polar surface area (TPSA) is 16.4 Å². The largest absolute Gasteiger partial charge is 0.455 e. The average molecular weight is 702 g/mol. The maximum absolute atomic E-state index is 6.89. The van der Waals surface area contributed by atoms with Gasteiger partial charge in [0.15, 0.2) is 0 Å². The minimum atomic E-state index is 0.902. The molecule has 0 spiro atoms. The second kappa shape index (κ2) is 13.8. The van der Waals surface area contributed by atoms with Gasteiger partial charge in [-0.25, -0.2) is 0 Å². The van der Waals surface area contributed by atoms with E-state index in [1.165, 1.54) is 42.6 Å². The van der Waals surface area contributed by atoms with Crippen LogP contribution in [0.1, 0.15) is 36.3 Å². The second-order valence-corrected chi connectivity index (χ2v) is 14.6. The third kappa shape index (κ3) is 5.65. The molecule has 0 fully saturated rings. The first kappa shape index (κ1) is 32.7. The molecule has 0 aliphatic heterocycles. The SMILES string of the molecule is C/C=C\C(=C1\C=CC=CC1)c1ccc(N(/C(=C/C)c2sc3ccccc3c2C)c2ccccc2-c2cccc3c2oc2c4ccccc4ccc32)cc1. The molecule has 53 heavy (non-hydrogen) atoms. The molecule has 0 saturated carbocycles. The molecule has 8 aromatic rings. The number of rotatable bonds is 7. The lowest BCUT2D eigenvalue weighted by Gasteiger charge is -2.30. The van der Waals surface area contributed by atoms with E-state index >= 15 is 0 Å². The van der Waals surface area contributed by atoms with Crippen molar-refractivity contribution < 1.29 is 4.42 Å². The molecule has 0 N–H and O–H groups in total. The van der Waals surface area contributed by atoms with Crippen LogP contribution in [-0.2, 0) is 0 Å². The van der Waals surface area contributed by atoms with E-state index in [9.17, 15) is 0 Å². The maximum atomic E-state index is 6.89. The Balaban J connectivity index is 1.26. The van der Waals surface area contributed by atoms with Crippen molar-refractivity contribution >= 4 is 76.8 Å². The van der Waals surface area contributed by atoms with E-state index in [2.05, 4.69) is 196 Å². The highest BCUT2D eigenvalue weighted by Gasteiger charge is 2.25. The Bertz CT molecular complexity index is 2840. The van der Waals surface area contributed by atoms with Crippen molar-refractivity contribution in [2.45, 2.75) is 27.2 Å². The van der Waals surface area contributed by atoms with Crippen molar-refractivity contribution in [3.05, 3.63) is 192 Å². The van der Waals surface area contributed by atoms with Crippen LogP contribution in [-0.4, -0.2) is 0 Å². The van der Waals surface area contributed by atoms with Crippen molar-refractivity contribution in [3.8, 4) is 11.1 Å². The third-order valence-corrected chi connectivity index (χ3v) is 11.7. The van der Waals surface area contributed by atoms with Crippen molar-refractivity contribution in [1.82, 2.24) is 0 Å². The number of hydrogen-bond donors (Lipinski definition) is 0. The van der Waals surface area contributed by atoms with Crippen LogP contribution in [0.5, 0.6) is 0 Å². The minimum absolute atomic E-state index is 0.902. The summed E-state index contributed by atoms with van der Waals surface area (Å²) in [5.74, 6) is 0. The number of fused-ring (bicyclic) bond motifs is 6. The van der Waals surface area contributed by atoms with E-state index in [-0.39, 0.29) is 0 Å². The molecule has 0 amide bonds. The quantitative estimate of drug-likeness (QED) is 0.164. The van der Waals surface area contributed by atoms with E-state index in [4.69, 9.17) is 4.42 Å². The van der Waals surface area contributed by atoms with Gasteiger partial charge in [-0.2, -0.15) is 0 Å². The fourth-order valence-corrected chi connectivity index (χ4v) is 9.16. The number of allylic oxidation sites excluding steroid dienone is 9. The fraction of sp³-hybridized carbons (Fsp3) is 0.0800. The average Bonchev–Trinajstić information content (AvgIpc) is 3.77. The Morgan fingerprint density at radius 3 is 2.21 bits per heavy atom. The van der Waals surface area contributed by atoms with E-state index in [1.807, 2.05) is 11.3 Å². The smallest absolute Gasteiger partial charge is 0.143 e. The minimum Gasteiger partial charge on any atom is -0.455 e. The summed E-state index contributed by atoms with van der Waals surface area (Å²) in [6.45, 7) is 6.50. The van der Waals surface area contributed by atoms with E-state index in [0.717, 1.165) is 61.9 Å². The summed E-state index contributed by atoms with van der Waals surface area (Å²) in [4.78, 5) is 3.70. The molecule has 2 aromatic heterocycles. The molecule has 9 rings (SSSR count). The second-order valence-electron chi connectivity index (χ2n) is 13.5. The number of benzene rings is 6. The predicted molar refractivity (Wildman–Crippen MR) is 230 cm³/mol. The van der Waals surface area contributed by atoms with Gasteiger partial charge in [0.05, 0.1) is 16.3 Å². The van der Waals surface area contributed by atoms with E-state index in [0.29, 0.717) is 0 Å². The van der Waals surface area contributed by atoms with Gasteiger partial charge < -0.3 is 9.32 Å². The molecule has 6 aromatic carbocycles. The summed E-state index contributed by atoms with van der Waals surface area (Å²) < 4.78 is 8.18. The van der Waals surface area contributed by atoms with E-state index in [1.54, 1.807) is 0 Å². The van der Waals surface area contributed by atoms with Crippen LogP contribution < -0.4 is 4.90 Å². The molecule has 0 unspecified atom stereocenters. The summed E-state index contributed by atoms with van der Waals surface area (Å²) in [6.07, 6.45) is 16.3. The maximum Gasteiger partial charge on any atom is 0.143 e. The van der Waals surface area contributed by atoms with Crippen LogP contribution in [0.3, 0.4) is 0 Å². The first-order valence-electron chi connectivity index (χ1n) is 18.3. The third-order valence-electron chi connectivity index (χ3n) is 10.4. The lowest BCUT2D eigenvalue weighted by atomic mass is 9.94. The van der Waals surface area contributed by atoms with Crippen LogP contribution in [0.25, 0.3) is 65.2 Å². The predicted octanol–water partition coefficient (Wildman–Crippen LogP) is 15.0. The number of para-hydroxylation sites is 2. The van der Waals surface area contributed by atoms with Crippen molar-refractivity contribution in [1.29, 1.82) is 0 Å². The lowest BCUT2D eigenvalue weighted by molar-refractivity contribution is 0.674. The highest BCUT2D eigenvalue weighted by Crippen LogP contribution is 2.47. The first-order valence-corrected chi connectivity index (χ1v) is 19.1. The molecule has 1 aliphatic rings. The zero-order chi connectivity index (χ0) is 35.9. The zero-order valence-electron chi connectivity index (χ0n) is 30.1. The number of anilines is 2. The van der Waals surface area contributed by atoms with E-state index < -0.39 is 0 Å². The van der Waals surface area contributed by atoms with Gasteiger partial charge in [-0.05, 0) is 90.6 Å². The number of furan rings is 1. The molecule has 0 radical (unpaired) electrons. The molecule has 0 atom stereocenters. The zero-order valence-corrected chi connectivity index (χ0v) is 31.0. The summed E-state index contributed by atoms with van der Waals surface area (Å²) in [6, 6.07) is 46.0. The molecule has 2 nitrogen and oxygen atoms in total. The number of thiophene rings is 1. The Morgan fingerprint density at radius 1 is 0.679 bits per heavy atom. The monoisotopic (exact) mass is 701 g/mol. The van der Waals surface area contributed by atoms with Gasteiger partial charge in [-0.15, -0.1) is 11.3 Å². The first-order chi connectivity index (χ1) is 26.1. The van der Waals surface area contributed by atoms with Crippen LogP contribution in [0.4, 0.5) is 11.4 Å². The van der Waals surface area contributed by atoms with Gasteiger partial charge in [0.25, 0.3) is 0 Å². The number of hydrogen-bond acceptors (Lipinski definition) is 3. The van der Waals surface area contributed by atoms with Crippen LogP contribution in [0.15, 0.2) is 180 Å². The summed E-state index contributed by atoms with van der Waals surface area (Å²) in [7, 11) is 0. The Labute approximate surface area is 314 Å². The van der Waals surface area contributed by atoms with Gasteiger partial charge in [-0.3, -0.25) is 0 Å². The highest BCUT2D eigenvalue weighted by atomic mass is 32.1. The van der Waals surface area contributed by atoms with Crippen molar-refractivity contribution in [3.63, 3.8) is 0 Å². The van der Waals surface area contributed by atoms with Gasteiger partial charge in [-0.1, -0.05) is 140 Å². The van der Waals surface area contributed by atoms with Crippen LogP contribution in [0.2, 0.25) is 0 Å².